The maximum atomic E-state index is 13.9. The van der Waals surface area contributed by atoms with E-state index in [2.05, 4.69) is 16.9 Å². The van der Waals surface area contributed by atoms with Gasteiger partial charge in [0.1, 0.15) is 11.6 Å². The molecule has 1 aromatic heterocycles. The molecule has 0 bridgehead atoms. The Labute approximate surface area is 158 Å². The van der Waals surface area contributed by atoms with Gasteiger partial charge >= 0.3 is 0 Å². The molecule has 1 fully saturated rings. The molecule has 0 spiro atoms. The van der Waals surface area contributed by atoms with Gasteiger partial charge in [-0.15, -0.1) is 0 Å². The lowest BCUT2D eigenvalue weighted by Gasteiger charge is -2.27. The molecule has 2 heterocycles. The monoisotopic (exact) mass is 373 g/mol. The van der Waals surface area contributed by atoms with Crippen molar-refractivity contribution in [1.82, 2.24) is 14.8 Å². The molecule has 1 amide bonds. The Morgan fingerprint density at radius 1 is 1.22 bits per heavy atom. The number of nitrogens with zero attached hydrogens (tertiary/aromatic N) is 3. The van der Waals surface area contributed by atoms with Gasteiger partial charge in [-0.2, -0.15) is 0 Å². The van der Waals surface area contributed by atoms with Crippen LogP contribution in [0.1, 0.15) is 30.5 Å². The fourth-order valence-corrected chi connectivity index (χ4v) is 3.51. The molecule has 6 heteroatoms. The number of amides is 1. The first-order chi connectivity index (χ1) is 13.0. The van der Waals surface area contributed by atoms with Crippen LogP contribution in [0.15, 0.2) is 42.6 Å². The second kappa shape index (κ2) is 9.04. The van der Waals surface area contributed by atoms with Crippen LogP contribution in [0.5, 0.6) is 0 Å². The topological polar surface area (TPSA) is 36.4 Å². The third-order valence-electron chi connectivity index (χ3n) is 5.22. The van der Waals surface area contributed by atoms with E-state index in [0.29, 0.717) is 24.6 Å². The Bertz CT molecular complexity index is 769. The van der Waals surface area contributed by atoms with Gasteiger partial charge in [0.25, 0.3) is 0 Å². The SMILES string of the molecule is CN(CCc1ccccn1)C1CCC(=O)N(Cc2ccc(F)cc2F)CC1. The first-order valence-corrected chi connectivity index (χ1v) is 9.35. The summed E-state index contributed by atoms with van der Waals surface area (Å²) in [4.78, 5) is 20.8. The zero-order valence-electron chi connectivity index (χ0n) is 15.6. The predicted octanol–water partition coefficient (Wildman–Crippen LogP) is 3.42. The molecular weight excluding hydrogens is 348 g/mol. The average Bonchev–Trinajstić information content (AvgIpc) is 2.85. The largest absolute Gasteiger partial charge is 0.338 e. The molecule has 0 radical (unpaired) electrons. The Morgan fingerprint density at radius 2 is 2.07 bits per heavy atom. The van der Waals surface area contributed by atoms with E-state index >= 15 is 0 Å². The molecule has 27 heavy (non-hydrogen) atoms. The molecular formula is C21H25F2N3O. The van der Waals surface area contributed by atoms with E-state index in [-0.39, 0.29) is 12.5 Å². The lowest BCUT2D eigenvalue weighted by Crippen LogP contribution is -2.35. The lowest BCUT2D eigenvalue weighted by molar-refractivity contribution is -0.131. The summed E-state index contributed by atoms with van der Waals surface area (Å²) < 4.78 is 27.0. The maximum absolute atomic E-state index is 13.9. The van der Waals surface area contributed by atoms with Gasteiger partial charge in [-0.1, -0.05) is 12.1 Å². The summed E-state index contributed by atoms with van der Waals surface area (Å²) in [5.41, 5.74) is 1.41. The minimum Gasteiger partial charge on any atom is -0.338 e. The third-order valence-corrected chi connectivity index (χ3v) is 5.22. The van der Waals surface area contributed by atoms with Gasteiger partial charge in [-0.25, -0.2) is 8.78 Å². The molecule has 144 valence electrons. The highest BCUT2D eigenvalue weighted by molar-refractivity contribution is 5.76. The molecule has 1 aliphatic rings. The van der Waals surface area contributed by atoms with Gasteiger partial charge < -0.3 is 9.80 Å². The Morgan fingerprint density at radius 3 is 2.81 bits per heavy atom. The highest BCUT2D eigenvalue weighted by atomic mass is 19.1. The Kier molecular flexibility index (Phi) is 6.50. The van der Waals surface area contributed by atoms with Gasteiger partial charge in [0.05, 0.1) is 0 Å². The molecule has 2 aromatic rings. The van der Waals surface area contributed by atoms with E-state index in [9.17, 15) is 13.6 Å². The molecule has 0 aliphatic carbocycles. The Hall–Kier alpha value is -2.34. The first-order valence-electron chi connectivity index (χ1n) is 9.35. The molecule has 4 nitrogen and oxygen atoms in total. The zero-order valence-corrected chi connectivity index (χ0v) is 15.6. The van der Waals surface area contributed by atoms with Gasteiger partial charge in [-0.05, 0) is 38.1 Å². The number of likely N-dealkylation sites (N-methyl/N-ethyl adjacent to an activating group) is 1. The van der Waals surface area contributed by atoms with Crippen LogP contribution in [0, 0.1) is 11.6 Å². The number of rotatable bonds is 6. The smallest absolute Gasteiger partial charge is 0.222 e. The summed E-state index contributed by atoms with van der Waals surface area (Å²) in [5, 5.41) is 0. The summed E-state index contributed by atoms with van der Waals surface area (Å²) in [6, 6.07) is 9.73. The predicted molar refractivity (Wildman–Crippen MR) is 100.0 cm³/mol. The second-order valence-corrected chi connectivity index (χ2v) is 7.08. The standard InChI is InChI=1S/C21H25F2N3O/c1-25(12-9-18-4-2-3-11-24-18)19-7-8-21(27)26(13-10-19)15-16-5-6-17(22)14-20(16)23/h2-6,11,14,19H,7-10,12-13,15H2,1H3. The number of pyridine rings is 1. The minimum atomic E-state index is -0.604. The van der Waals surface area contributed by atoms with E-state index in [1.165, 1.54) is 12.1 Å². The molecule has 1 aliphatic heterocycles. The van der Waals surface area contributed by atoms with Gasteiger partial charge in [0.2, 0.25) is 5.91 Å². The number of benzene rings is 1. The number of halogens is 2. The molecule has 0 saturated carbocycles. The Balaban J connectivity index is 1.55. The molecule has 1 aromatic carbocycles. The molecule has 3 rings (SSSR count). The maximum Gasteiger partial charge on any atom is 0.222 e. The third kappa shape index (κ3) is 5.32. The fraction of sp³-hybridized carbons (Fsp3) is 0.429. The number of carbonyl (C=O) groups excluding carboxylic acids is 1. The fourth-order valence-electron chi connectivity index (χ4n) is 3.51. The summed E-state index contributed by atoms with van der Waals surface area (Å²) in [6.07, 6.45) is 4.74. The number of likely N-dealkylation sites (tertiary alicyclic amines) is 1. The average molecular weight is 373 g/mol. The number of hydrogen-bond acceptors (Lipinski definition) is 3. The summed E-state index contributed by atoms with van der Waals surface area (Å²) in [6.45, 7) is 1.64. The second-order valence-electron chi connectivity index (χ2n) is 7.08. The highest BCUT2D eigenvalue weighted by Gasteiger charge is 2.25. The van der Waals surface area contributed by atoms with E-state index in [0.717, 1.165) is 37.6 Å². The quantitative estimate of drug-likeness (QED) is 0.779. The van der Waals surface area contributed by atoms with Crippen LogP contribution in [0.4, 0.5) is 8.78 Å². The summed E-state index contributed by atoms with van der Waals surface area (Å²) in [7, 11) is 2.08. The summed E-state index contributed by atoms with van der Waals surface area (Å²) in [5.74, 6) is -1.18. The van der Waals surface area contributed by atoms with Crippen LogP contribution in [0.2, 0.25) is 0 Å². The van der Waals surface area contributed by atoms with Crippen molar-refractivity contribution in [3.05, 3.63) is 65.5 Å². The van der Waals surface area contributed by atoms with Crippen LogP contribution in [0.25, 0.3) is 0 Å². The van der Waals surface area contributed by atoms with Crippen molar-refractivity contribution in [2.45, 2.75) is 38.3 Å². The van der Waals surface area contributed by atoms with Gasteiger partial charge in [-0.3, -0.25) is 9.78 Å². The van der Waals surface area contributed by atoms with Crippen molar-refractivity contribution in [3.8, 4) is 0 Å². The lowest BCUT2D eigenvalue weighted by atomic mass is 10.1. The minimum absolute atomic E-state index is 0.0272. The van der Waals surface area contributed by atoms with Crippen LogP contribution in [-0.4, -0.2) is 46.9 Å². The zero-order chi connectivity index (χ0) is 19.2. The molecule has 1 unspecified atom stereocenters. The number of hydrogen-bond donors (Lipinski definition) is 0. The normalized spacial score (nSPS) is 18.0. The van der Waals surface area contributed by atoms with Gasteiger partial charge in [0.15, 0.2) is 0 Å². The van der Waals surface area contributed by atoms with Crippen molar-refractivity contribution >= 4 is 5.91 Å². The molecule has 1 atom stereocenters. The van der Waals surface area contributed by atoms with Crippen LogP contribution >= 0.6 is 0 Å². The van der Waals surface area contributed by atoms with Crippen molar-refractivity contribution in [1.29, 1.82) is 0 Å². The number of carbonyl (C=O) groups is 1. The van der Waals surface area contributed by atoms with Crippen molar-refractivity contribution in [2.24, 2.45) is 0 Å². The van der Waals surface area contributed by atoms with Crippen molar-refractivity contribution < 1.29 is 13.6 Å². The van der Waals surface area contributed by atoms with E-state index in [4.69, 9.17) is 0 Å². The van der Waals surface area contributed by atoms with Crippen LogP contribution < -0.4 is 0 Å². The van der Waals surface area contributed by atoms with E-state index in [1.54, 1.807) is 11.1 Å². The highest BCUT2D eigenvalue weighted by Crippen LogP contribution is 2.20. The summed E-state index contributed by atoms with van der Waals surface area (Å²) >= 11 is 0. The van der Waals surface area contributed by atoms with Gasteiger partial charge in [0, 0.05) is 62.0 Å². The van der Waals surface area contributed by atoms with E-state index in [1.807, 2.05) is 18.2 Å². The first kappa shape index (κ1) is 19.4. The van der Waals surface area contributed by atoms with Crippen molar-refractivity contribution in [2.75, 3.05) is 20.1 Å². The van der Waals surface area contributed by atoms with E-state index < -0.39 is 11.6 Å². The molecule has 0 N–H and O–H groups in total. The molecule has 1 saturated heterocycles. The number of aromatic nitrogens is 1. The van der Waals surface area contributed by atoms with Crippen molar-refractivity contribution in [3.63, 3.8) is 0 Å². The van der Waals surface area contributed by atoms with Crippen LogP contribution in [-0.2, 0) is 17.8 Å². The van der Waals surface area contributed by atoms with Crippen LogP contribution in [0.3, 0.4) is 0 Å².